The van der Waals surface area contributed by atoms with E-state index in [1.54, 1.807) is 18.4 Å². The van der Waals surface area contributed by atoms with E-state index in [1.807, 2.05) is 31.4 Å². The monoisotopic (exact) mass is 388 g/mol. The van der Waals surface area contributed by atoms with E-state index in [0.717, 1.165) is 22.7 Å². The molecule has 0 saturated carbocycles. The molecule has 8 heteroatoms. The summed E-state index contributed by atoms with van der Waals surface area (Å²) in [7, 11) is 0. The Morgan fingerprint density at radius 2 is 2.04 bits per heavy atom. The van der Waals surface area contributed by atoms with Gasteiger partial charge < -0.3 is 14.3 Å². The zero-order valence-electron chi connectivity index (χ0n) is 15.4. The second-order valence-electron chi connectivity index (χ2n) is 6.05. The fourth-order valence-corrected chi connectivity index (χ4v) is 3.56. The Labute approximate surface area is 161 Å². The highest BCUT2D eigenvalue weighted by Crippen LogP contribution is 2.28. The van der Waals surface area contributed by atoms with Crippen molar-refractivity contribution < 1.29 is 13.6 Å². The van der Waals surface area contributed by atoms with Crippen molar-refractivity contribution in [2.45, 2.75) is 44.3 Å². The molecule has 0 aliphatic rings. The average Bonchev–Trinajstić information content (AvgIpc) is 3.26. The van der Waals surface area contributed by atoms with Gasteiger partial charge in [0.25, 0.3) is 0 Å². The van der Waals surface area contributed by atoms with Crippen LogP contribution in [0.4, 0.5) is 4.39 Å². The number of amides is 1. The molecule has 0 saturated heterocycles. The highest BCUT2D eigenvalue weighted by atomic mass is 32.2. The number of benzene rings is 1. The molecule has 2 heterocycles. The summed E-state index contributed by atoms with van der Waals surface area (Å²) in [6.07, 6.45) is 1.62. The molecule has 6 nitrogen and oxygen atoms in total. The number of aryl methyl sites for hydroxylation is 1. The molecule has 3 aromatic rings. The molecule has 0 unspecified atom stereocenters. The Balaban J connectivity index is 1.65. The van der Waals surface area contributed by atoms with Gasteiger partial charge in [0.15, 0.2) is 11.0 Å². The molecule has 0 spiro atoms. The number of nitrogens with zero attached hydrogens (tertiary/aromatic N) is 3. The third-order valence-electron chi connectivity index (χ3n) is 4.16. The Bertz CT molecular complexity index is 920. The summed E-state index contributed by atoms with van der Waals surface area (Å²) in [5.41, 5.74) is 1.74. The molecule has 3 rings (SSSR count). The summed E-state index contributed by atoms with van der Waals surface area (Å²) in [6.45, 7) is 6.74. The second kappa shape index (κ2) is 8.39. The van der Waals surface area contributed by atoms with E-state index in [9.17, 15) is 9.18 Å². The molecular weight excluding hydrogens is 367 g/mol. The summed E-state index contributed by atoms with van der Waals surface area (Å²) in [5.74, 6) is 1.09. The van der Waals surface area contributed by atoms with E-state index in [-0.39, 0.29) is 17.0 Å². The number of aromatic nitrogens is 3. The van der Waals surface area contributed by atoms with Crippen LogP contribution in [0.25, 0.3) is 11.4 Å². The fourth-order valence-electron chi connectivity index (χ4n) is 2.62. The van der Waals surface area contributed by atoms with Gasteiger partial charge in [-0.3, -0.25) is 4.79 Å². The molecule has 1 amide bonds. The maximum absolute atomic E-state index is 12.9. The first-order chi connectivity index (χ1) is 13.0. The maximum Gasteiger partial charge on any atom is 0.233 e. The zero-order valence-corrected chi connectivity index (χ0v) is 16.2. The molecule has 1 N–H and O–H groups in total. The lowest BCUT2D eigenvalue weighted by Crippen LogP contribution is -2.30. The highest BCUT2D eigenvalue weighted by Gasteiger charge is 2.21. The number of hydrogen-bond donors (Lipinski definition) is 1. The molecule has 142 valence electrons. The van der Waals surface area contributed by atoms with E-state index in [4.69, 9.17) is 4.42 Å². The van der Waals surface area contributed by atoms with Crippen LogP contribution in [-0.4, -0.2) is 25.9 Å². The molecule has 0 fully saturated rings. The summed E-state index contributed by atoms with van der Waals surface area (Å²) in [4.78, 5) is 12.4. The van der Waals surface area contributed by atoms with Crippen molar-refractivity contribution in [3.05, 3.63) is 53.7 Å². The van der Waals surface area contributed by atoms with Gasteiger partial charge >= 0.3 is 0 Å². The van der Waals surface area contributed by atoms with Gasteiger partial charge in [-0.05, 0) is 44.5 Å². The van der Waals surface area contributed by atoms with E-state index < -0.39 is 0 Å². The Kier molecular flexibility index (Phi) is 5.95. The van der Waals surface area contributed by atoms with Crippen LogP contribution in [0.3, 0.4) is 0 Å². The first-order valence-corrected chi connectivity index (χ1v) is 9.54. The number of nitrogens with one attached hydrogen (secondary N) is 1. The lowest BCUT2D eigenvalue weighted by atomic mass is 10.2. The molecule has 2 aromatic heterocycles. The molecule has 0 radical (unpaired) electrons. The number of carbonyl (C=O) groups excluding carboxylic acids is 1. The van der Waals surface area contributed by atoms with Crippen LogP contribution in [0, 0.1) is 12.7 Å². The van der Waals surface area contributed by atoms with Crippen molar-refractivity contribution >= 4 is 17.7 Å². The van der Waals surface area contributed by atoms with Gasteiger partial charge in [-0.2, -0.15) is 0 Å². The third-order valence-corrected chi connectivity index (χ3v) is 5.24. The van der Waals surface area contributed by atoms with Gasteiger partial charge in [0.05, 0.1) is 17.1 Å². The predicted molar refractivity (Wildman–Crippen MR) is 102 cm³/mol. The van der Waals surface area contributed by atoms with Crippen LogP contribution in [0.1, 0.15) is 25.2 Å². The second-order valence-corrected chi connectivity index (χ2v) is 7.35. The van der Waals surface area contributed by atoms with Crippen molar-refractivity contribution in [2.75, 3.05) is 0 Å². The van der Waals surface area contributed by atoms with Gasteiger partial charge in [-0.15, -0.1) is 10.2 Å². The number of rotatable bonds is 7. The lowest BCUT2D eigenvalue weighted by molar-refractivity contribution is -0.120. The lowest BCUT2D eigenvalue weighted by Gasteiger charge is -2.12. The van der Waals surface area contributed by atoms with E-state index >= 15 is 0 Å². The molecule has 27 heavy (non-hydrogen) atoms. The van der Waals surface area contributed by atoms with Crippen molar-refractivity contribution in [1.82, 2.24) is 20.1 Å². The first-order valence-electron chi connectivity index (χ1n) is 8.66. The van der Waals surface area contributed by atoms with Crippen LogP contribution in [0.15, 0.2) is 46.2 Å². The van der Waals surface area contributed by atoms with Gasteiger partial charge in [0, 0.05) is 13.1 Å². The highest BCUT2D eigenvalue weighted by molar-refractivity contribution is 8.00. The summed E-state index contributed by atoms with van der Waals surface area (Å²) >= 11 is 1.35. The topological polar surface area (TPSA) is 73.0 Å². The normalized spacial score (nSPS) is 12.1. The molecule has 1 atom stereocenters. The SMILES string of the molecule is CCn1c(S[C@H](C)C(=O)NCc2ccc(F)cc2)nnc1-c1ccoc1C. The van der Waals surface area contributed by atoms with Crippen LogP contribution in [0.2, 0.25) is 0 Å². The Morgan fingerprint density at radius 3 is 2.67 bits per heavy atom. The van der Waals surface area contributed by atoms with Crippen molar-refractivity contribution in [3.63, 3.8) is 0 Å². The van der Waals surface area contributed by atoms with Gasteiger partial charge in [0.2, 0.25) is 5.91 Å². The van der Waals surface area contributed by atoms with Gasteiger partial charge in [-0.1, -0.05) is 23.9 Å². The summed E-state index contributed by atoms with van der Waals surface area (Å²) in [5, 5.41) is 11.7. The van der Waals surface area contributed by atoms with Gasteiger partial charge in [0.1, 0.15) is 11.6 Å². The first kappa shape index (κ1) is 19.2. The standard InChI is InChI=1S/C19H21FN4O2S/c1-4-24-17(16-9-10-26-12(16)2)22-23-19(24)27-13(3)18(25)21-11-14-5-7-15(20)8-6-14/h5-10,13H,4,11H2,1-3H3,(H,21,25)/t13-/m1/s1. The van der Waals surface area contributed by atoms with Crippen molar-refractivity contribution in [3.8, 4) is 11.4 Å². The molecular formula is C19H21FN4O2S. The Hall–Kier alpha value is -2.61. The summed E-state index contributed by atoms with van der Waals surface area (Å²) < 4.78 is 20.3. The minimum absolute atomic E-state index is 0.115. The fraction of sp³-hybridized carbons (Fsp3) is 0.316. The Morgan fingerprint density at radius 1 is 1.30 bits per heavy atom. The predicted octanol–water partition coefficient (Wildman–Crippen LogP) is 3.80. The number of thioether (sulfide) groups is 1. The average molecular weight is 388 g/mol. The van der Waals surface area contributed by atoms with Gasteiger partial charge in [-0.25, -0.2) is 4.39 Å². The van der Waals surface area contributed by atoms with Crippen molar-refractivity contribution in [1.29, 1.82) is 0 Å². The zero-order chi connectivity index (χ0) is 19.4. The van der Waals surface area contributed by atoms with Crippen LogP contribution in [0.5, 0.6) is 0 Å². The number of carbonyl (C=O) groups is 1. The smallest absolute Gasteiger partial charge is 0.233 e. The van der Waals surface area contributed by atoms with E-state index in [1.165, 1.54) is 23.9 Å². The van der Waals surface area contributed by atoms with Crippen LogP contribution in [-0.2, 0) is 17.9 Å². The minimum atomic E-state index is -0.349. The van der Waals surface area contributed by atoms with Crippen LogP contribution < -0.4 is 5.32 Å². The number of furan rings is 1. The molecule has 0 aliphatic carbocycles. The maximum atomic E-state index is 12.9. The number of hydrogen-bond acceptors (Lipinski definition) is 5. The van der Waals surface area contributed by atoms with Crippen LogP contribution >= 0.6 is 11.8 Å². The minimum Gasteiger partial charge on any atom is -0.469 e. The van der Waals surface area contributed by atoms with E-state index in [0.29, 0.717) is 18.2 Å². The number of halogens is 1. The molecule has 0 bridgehead atoms. The van der Waals surface area contributed by atoms with Crippen molar-refractivity contribution in [2.24, 2.45) is 0 Å². The largest absolute Gasteiger partial charge is 0.469 e. The molecule has 1 aromatic carbocycles. The third kappa shape index (κ3) is 4.39. The van der Waals surface area contributed by atoms with E-state index in [2.05, 4.69) is 15.5 Å². The summed E-state index contributed by atoms with van der Waals surface area (Å²) in [6, 6.07) is 7.92. The quantitative estimate of drug-likeness (QED) is 0.623. The molecule has 0 aliphatic heterocycles.